The molecule has 3 aromatic rings. The van der Waals surface area contributed by atoms with E-state index in [9.17, 15) is 9.18 Å². The van der Waals surface area contributed by atoms with E-state index >= 15 is 0 Å². The molecule has 1 fully saturated rings. The number of aromatic nitrogens is 2. The average molecular weight is 439 g/mol. The van der Waals surface area contributed by atoms with Gasteiger partial charge in [-0.1, -0.05) is 17.3 Å². The number of likely N-dealkylation sites (tertiary alicyclic amines) is 1. The number of hydrogen-bond donors (Lipinski definition) is 0. The summed E-state index contributed by atoms with van der Waals surface area (Å²) in [7, 11) is 3.48. The van der Waals surface area contributed by atoms with Crippen LogP contribution in [-0.4, -0.2) is 53.1 Å². The maximum absolute atomic E-state index is 13.1. The number of piperidine rings is 1. The number of nitrogens with zero attached hydrogens (tertiary/aromatic N) is 4. The monoisotopic (exact) mass is 438 g/mol. The van der Waals surface area contributed by atoms with Gasteiger partial charge in [-0.3, -0.25) is 9.69 Å². The Bertz CT molecular complexity index is 1040. The predicted octanol–water partition coefficient (Wildman–Crippen LogP) is 3.75. The molecule has 1 atom stereocenters. The highest BCUT2D eigenvalue weighted by atomic mass is 19.1. The van der Waals surface area contributed by atoms with E-state index in [1.807, 2.05) is 31.3 Å². The molecule has 0 bridgehead atoms. The number of benzene rings is 2. The highest BCUT2D eigenvalue weighted by Crippen LogP contribution is 2.22. The van der Waals surface area contributed by atoms with Gasteiger partial charge in [0.05, 0.1) is 19.6 Å². The molecular weight excluding hydrogens is 411 g/mol. The largest absolute Gasteiger partial charge is 0.497 e. The fourth-order valence-electron chi connectivity index (χ4n) is 4.02. The van der Waals surface area contributed by atoms with Crippen molar-refractivity contribution < 1.29 is 18.4 Å². The zero-order valence-corrected chi connectivity index (χ0v) is 18.3. The first kappa shape index (κ1) is 22.0. The molecule has 1 unspecified atom stereocenters. The lowest BCUT2D eigenvalue weighted by molar-refractivity contribution is -0.136. The number of carbonyl (C=O) groups excluding carboxylic acids is 1. The number of methoxy groups -OCH3 is 1. The van der Waals surface area contributed by atoms with Crippen molar-refractivity contribution >= 4 is 5.91 Å². The molecule has 1 aromatic heterocycles. The molecule has 0 radical (unpaired) electrons. The van der Waals surface area contributed by atoms with Crippen LogP contribution < -0.4 is 4.74 Å². The Balaban J connectivity index is 1.33. The predicted molar refractivity (Wildman–Crippen MR) is 117 cm³/mol. The summed E-state index contributed by atoms with van der Waals surface area (Å²) in [5, 5.41) is 4.00. The third-order valence-electron chi connectivity index (χ3n) is 5.74. The molecule has 2 heterocycles. The second-order valence-electron chi connectivity index (χ2n) is 8.14. The summed E-state index contributed by atoms with van der Waals surface area (Å²) in [5.74, 6) is 1.50. The van der Waals surface area contributed by atoms with Gasteiger partial charge in [0, 0.05) is 25.7 Å². The summed E-state index contributed by atoms with van der Waals surface area (Å²) < 4.78 is 23.7. The topological polar surface area (TPSA) is 71.7 Å². The van der Waals surface area contributed by atoms with Crippen LogP contribution in [0.4, 0.5) is 4.39 Å². The van der Waals surface area contributed by atoms with E-state index < -0.39 is 0 Å². The van der Waals surface area contributed by atoms with Crippen molar-refractivity contribution in [3.05, 3.63) is 65.8 Å². The van der Waals surface area contributed by atoms with Crippen molar-refractivity contribution in [1.82, 2.24) is 19.9 Å². The third kappa shape index (κ3) is 5.31. The average Bonchev–Trinajstić information content (AvgIpc) is 3.28. The van der Waals surface area contributed by atoms with E-state index in [1.54, 1.807) is 24.1 Å². The van der Waals surface area contributed by atoms with Gasteiger partial charge < -0.3 is 14.2 Å². The highest BCUT2D eigenvalue weighted by molar-refractivity contribution is 5.79. The van der Waals surface area contributed by atoms with Gasteiger partial charge in [0.25, 0.3) is 0 Å². The van der Waals surface area contributed by atoms with Crippen molar-refractivity contribution in [1.29, 1.82) is 0 Å². The zero-order chi connectivity index (χ0) is 22.5. The van der Waals surface area contributed by atoms with Gasteiger partial charge in [-0.25, -0.2) is 4.39 Å². The minimum Gasteiger partial charge on any atom is -0.497 e. The fourth-order valence-corrected chi connectivity index (χ4v) is 4.02. The molecule has 7 nitrogen and oxygen atoms in total. The Morgan fingerprint density at radius 1 is 1.22 bits per heavy atom. The zero-order valence-electron chi connectivity index (χ0n) is 18.3. The van der Waals surface area contributed by atoms with Gasteiger partial charge in [-0.2, -0.15) is 4.98 Å². The lowest BCUT2D eigenvalue weighted by Gasteiger charge is -2.33. The molecule has 0 N–H and O–H groups in total. The molecule has 168 valence electrons. The third-order valence-corrected chi connectivity index (χ3v) is 5.74. The quantitative estimate of drug-likeness (QED) is 0.560. The summed E-state index contributed by atoms with van der Waals surface area (Å²) in [5.41, 5.74) is 1.77. The molecule has 4 rings (SSSR count). The van der Waals surface area contributed by atoms with E-state index in [1.165, 1.54) is 12.1 Å². The summed E-state index contributed by atoms with van der Waals surface area (Å²) in [6, 6.07) is 13.7. The first-order chi connectivity index (χ1) is 15.5. The highest BCUT2D eigenvalue weighted by Gasteiger charge is 2.29. The van der Waals surface area contributed by atoms with Crippen LogP contribution in [0.3, 0.4) is 0 Å². The molecule has 1 amide bonds. The van der Waals surface area contributed by atoms with Crippen molar-refractivity contribution in [3.8, 4) is 17.1 Å². The van der Waals surface area contributed by atoms with E-state index in [-0.39, 0.29) is 17.6 Å². The van der Waals surface area contributed by atoms with E-state index in [2.05, 4.69) is 15.0 Å². The number of ether oxygens (including phenoxy) is 1. The Kier molecular flexibility index (Phi) is 6.80. The molecule has 32 heavy (non-hydrogen) atoms. The lowest BCUT2D eigenvalue weighted by atomic mass is 9.96. The van der Waals surface area contributed by atoms with Gasteiger partial charge >= 0.3 is 0 Å². The van der Waals surface area contributed by atoms with Crippen molar-refractivity contribution in [2.75, 3.05) is 27.2 Å². The summed E-state index contributed by atoms with van der Waals surface area (Å²) >= 11 is 0. The first-order valence-corrected chi connectivity index (χ1v) is 10.7. The number of amides is 1. The molecule has 1 aliphatic heterocycles. The number of hydrogen-bond acceptors (Lipinski definition) is 6. The molecule has 2 aromatic carbocycles. The minimum atomic E-state index is -0.307. The van der Waals surface area contributed by atoms with Crippen molar-refractivity contribution in [2.45, 2.75) is 25.9 Å². The number of rotatable bonds is 7. The SMILES string of the molecule is COc1ccc(CN(C)C(=O)C2CCCN(Cc3nc(-c4ccc(F)cc4)no3)C2)cc1. The number of carbonyl (C=O) groups is 1. The maximum Gasteiger partial charge on any atom is 0.241 e. The second kappa shape index (κ2) is 9.91. The van der Waals surface area contributed by atoms with Gasteiger partial charge in [0.15, 0.2) is 0 Å². The van der Waals surface area contributed by atoms with E-state index in [0.29, 0.717) is 36.9 Å². The van der Waals surface area contributed by atoms with Gasteiger partial charge in [-0.05, 0) is 61.3 Å². The molecule has 0 spiro atoms. The number of halogens is 1. The molecule has 8 heteroatoms. The van der Waals surface area contributed by atoms with Crippen molar-refractivity contribution in [2.24, 2.45) is 5.92 Å². The van der Waals surface area contributed by atoms with Crippen LogP contribution in [0.15, 0.2) is 53.1 Å². The van der Waals surface area contributed by atoms with E-state index in [4.69, 9.17) is 9.26 Å². The fraction of sp³-hybridized carbons (Fsp3) is 0.375. The summed E-state index contributed by atoms with van der Waals surface area (Å²) in [6.07, 6.45) is 1.80. The molecule has 0 saturated carbocycles. The van der Waals surface area contributed by atoms with Gasteiger partial charge in [0.2, 0.25) is 17.6 Å². The van der Waals surface area contributed by atoms with Crippen LogP contribution in [-0.2, 0) is 17.9 Å². The lowest BCUT2D eigenvalue weighted by Crippen LogP contribution is -2.43. The first-order valence-electron chi connectivity index (χ1n) is 10.7. The maximum atomic E-state index is 13.1. The normalized spacial score (nSPS) is 16.7. The molecule has 1 aliphatic rings. The summed E-state index contributed by atoms with van der Waals surface area (Å²) in [4.78, 5) is 21.4. The standard InChI is InChI=1S/C24H27FN4O3/c1-28(14-17-5-11-21(31-2)12-6-17)24(30)19-4-3-13-29(15-19)16-22-26-23(27-32-22)18-7-9-20(25)10-8-18/h5-12,19H,3-4,13-16H2,1-2H3. The van der Waals surface area contributed by atoms with Crippen LogP contribution in [0.1, 0.15) is 24.3 Å². The second-order valence-corrected chi connectivity index (χ2v) is 8.14. The minimum absolute atomic E-state index is 0.0634. The Labute approximate surface area is 186 Å². The van der Waals surface area contributed by atoms with Crippen LogP contribution in [0.5, 0.6) is 5.75 Å². The van der Waals surface area contributed by atoms with Crippen LogP contribution in [0.2, 0.25) is 0 Å². The van der Waals surface area contributed by atoms with Crippen molar-refractivity contribution in [3.63, 3.8) is 0 Å². The Morgan fingerprint density at radius 3 is 2.69 bits per heavy atom. The molecule has 0 aliphatic carbocycles. The van der Waals surface area contributed by atoms with Crippen LogP contribution >= 0.6 is 0 Å². The smallest absolute Gasteiger partial charge is 0.241 e. The van der Waals surface area contributed by atoms with E-state index in [0.717, 1.165) is 30.7 Å². The Morgan fingerprint density at radius 2 is 1.97 bits per heavy atom. The van der Waals surface area contributed by atoms with Gasteiger partial charge in [-0.15, -0.1) is 0 Å². The Hall–Kier alpha value is -3.26. The van der Waals surface area contributed by atoms with Crippen LogP contribution in [0.25, 0.3) is 11.4 Å². The molecular formula is C24H27FN4O3. The van der Waals surface area contributed by atoms with Gasteiger partial charge in [0.1, 0.15) is 11.6 Å². The summed E-state index contributed by atoms with van der Waals surface area (Å²) in [6.45, 7) is 2.57. The molecule has 1 saturated heterocycles. The van der Waals surface area contributed by atoms with Crippen LogP contribution in [0, 0.1) is 11.7 Å².